The van der Waals surface area contributed by atoms with Gasteiger partial charge in [-0.05, 0) is 12.0 Å². The number of halogens is 1. The van der Waals surface area contributed by atoms with E-state index >= 15 is 0 Å². The molecule has 2 N–H and O–H groups in total. The second-order valence-electron chi connectivity index (χ2n) is 3.26. The molecule has 0 aliphatic rings. The highest BCUT2D eigenvalue weighted by molar-refractivity contribution is 5.85. The van der Waals surface area contributed by atoms with Crippen LogP contribution in [0.2, 0.25) is 0 Å². The molecule has 0 aromatic heterocycles. The van der Waals surface area contributed by atoms with Crippen molar-refractivity contribution in [2.75, 3.05) is 7.11 Å². The highest BCUT2D eigenvalue weighted by Crippen LogP contribution is 2.14. The Labute approximate surface area is 104 Å². The Morgan fingerprint density at radius 3 is 2.76 bits per heavy atom. The number of methoxy groups -OCH3 is 1. The lowest BCUT2D eigenvalue weighted by molar-refractivity contribution is -0.384. The molecule has 0 amide bonds. The minimum atomic E-state index is -0.799. The van der Waals surface area contributed by atoms with E-state index in [-0.39, 0.29) is 24.5 Å². The number of carbonyl (C=O) groups is 1. The molecule has 1 aromatic rings. The topological polar surface area (TPSA) is 95.5 Å². The summed E-state index contributed by atoms with van der Waals surface area (Å²) in [6.45, 7) is 0. The quantitative estimate of drug-likeness (QED) is 0.496. The van der Waals surface area contributed by atoms with Gasteiger partial charge in [0.2, 0.25) is 0 Å². The number of non-ortho nitro benzene ring substituents is 1. The normalized spacial score (nSPS) is 11.2. The van der Waals surface area contributed by atoms with E-state index in [1.54, 1.807) is 12.1 Å². The second kappa shape index (κ2) is 6.82. The van der Waals surface area contributed by atoms with Crippen LogP contribution < -0.4 is 5.73 Å². The Bertz CT molecular complexity index is 411. The van der Waals surface area contributed by atoms with Crippen LogP contribution in [0.25, 0.3) is 0 Å². The van der Waals surface area contributed by atoms with Crippen molar-refractivity contribution in [3.8, 4) is 0 Å². The molecule has 1 aromatic carbocycles. The predicted octanol–water partition coefficient (Wildman–Crippen LogP) is 1.06. The number of benzene rings is 1. The van der Waals surface area contributed by atoms with Gasteiger partial charge >= 0.3 is 5.97 Å². The summed E-state index contributed by atoms with van der Waals surface area (Å²) in [5.41, 5.74) is 6.15. The monoisotopic (exact) mass is 260 g/mol. The first kappa shape index (κ1) is 15.3. The van der Waals surface area contributed by atoms with Gasteiger partial charge in [-0.25, -0.2) is 0 Å². The maximum atomic E-state index is 11.1. The minimum Gasteiger partial charge on any atom is -0.468 e. The summed E-state index contributed by atoms with van der Waals surface area (Å²) in [5.74, 6) is -0.536. The molecule has 0 fully saturated rings. The van der Waals surface area contributed by atoms with Crippen molar-refractivity contribution in [3.63, 3.8) is 0 Å². The van der Waals surface area contributed by atoms with Gasteiger partial charge in [0.05, 0.1) is 12.0 Å². The largest absolute Gasteiger partial charge is 0.468 e. The average molecular weight is 261 g/mol. The lowest BCUT2D eigenvalue weighted by atomic mass is 10.1. The summed E-state index contributed by atoms with van der Waals surface area (Å²) < 4.78 is 4.46. The summed E-state index contributed by atoms with van der Waals surface area (Å²) in [6.07, 6.45) is 0.217. The summed E-state index contributed by atoms with van der Waals surface area (Å²) in [7, 11) is 1.25. The molecule has 17 heavy (non-hydrogen) atoms. The number of carbonyl (C=O) groups excluding carboxylic acids is 1. The van der Waals surface area contributed by atoms with Gasteiger partial charge < -0.3 is 10.5 Å². The molecule has 0 bridgehead atoms. The minimum absolute atomic E-state index is 0. The molecular formula is C10H13ClN2O4. The first-order valence-electron chi connectivity index (χ1n) is 4.61. The van der Waals surface area contributed by atoms with E-state index in [9.17, 15) is 14.9 Å². The Balaban J connectivity index is 0.00000256. The number of nitro benzene ring substituents is 1. The summed E-state index contributed by atoms with van der Waals surface area (Å²) >= 11 is 0. The molecule has 0 aliphatic carbocycles. The lowest BCUT2D eigenvalue weighted by Gasteiger charge is -2.08. The molecule has 0 saturated heterocycles. The van der Waals surface area contributed by atoms with Gasteiger partial charge in [-0.15, -0.1) is 12.4 Å². The fourth-order valence-electron chi connectivity index (χ4n) is 1.29. The molecular weight excluding hydrogens is 248 g/mol. The maximum absolute atomic E-state index is 11.1. The van der Waals surface area contributed by atoms with Crippen LogP contribution in [0.1, 0.15) is 5.56 Å². The number of nitrogens with zero attached hydrogens (tertiary/aromatic N) is 1. The van der Waals surface area contributed by atoms with Gasteiger partial charge in [-0.3, -0.25) is 14.9 Å². The molecule has 7 heteroatoms. The van der Waals surface area contributed by atoms with Crippen LogP contribution in [0.15, 0.2) is 24.3 Å². The summed E-state index contributed by atoms with van der Waals surface area (Å²) in [4.78, 5) is 21.1. The summed E-state index contributed by atoms with van der Waals surface area (Å²) in [5, 5.41) is 10.5. The highest BCUT2D eigenvalue weighted by atomic mass is 35.5. The van der Waals surface area contributed by atoms with Crippen molar-refractivity contribution < 1.29 is 14.5 Å². The van der Waals surface area contributed by atoms with Gasteiger partial charge in [0.15, 0.2) is 0 Å². The molecule has 0 spiro atoms. The molecule has 0 saturated carbocycles. The van der Waals surface area contributed by atoms with E-state index in [2.05, 4.69) is 4.74 Å². The number of nitro groups is 1. The third-order valence-electron chi connectivity index (χ3n) is 2.08. The Morgan fingerprint density at radius 2 is 2.24 bits per heavy atom. The third-order valence-corrected chi connectivity index (χ3v) is 2.08. The first-order chi connectivity index (χ1) is 7.54. The van der Waals surface area contributed by atoms with Crippen LogP contribution in [0.4, 0.5) is 5.69 Å². The van der Waals surface area contributed by atoms with Crippen LogP contribution in [0.5, 0.6) is 0 Å². The molecule has 94 valence electrons. The zero-order chi connectivity index (χ0) is 12.1. The smallest absolute Gasteiger partial charge is 0.322 e. The maximum Gasteiger partial charge on any atom is 0.322 e. The molecule has 0 radical (unpaired) electrons. The molecule has 0 heterocycles. The van der Waals surface area contributed by atoms with Crippen LogP contribution in [0, 0.1) is 10.1 Å². The van der Waals surface area contributed by atoms with Crippen LogP contribution >= 0.6 is 12.4 Å². The standard InChI is InChI=1S/C10H12N2O4.ClH/c1-16-10(13)9(11)6-7-3-2-4-8(5-7)12(14)15;/h2-5,9H,6,11H2,1H3;1H/t9-;/m1./s1. The van der Waals surface area contributed by atoms with Gasteiger partial charge in [0.1, 0.15) is 6.04 Å². The van der Waals surface area contributed by atoms with Crippen LogP contribution in [-0.4, -0.2) is 24.0 Å². The van der Waals surface area contributed by atoms with Crippen molar-refractivity contribution in [3.05, 3.63) is 39.9 Å². The third kappa shape index (κ3) is 4.38. The predicted molar refractivity (Wildman–Crippen MR) is 64.0 cm³/mol. The van der Waals surface area contributed by atoms with Crippen molar-refractivity contribution >= 4 is 24.1 Å². The van der Waals surface area contributed by atoms with Gasteiger partial charge in [-0.2, -0.15) is 0 Å². The van der Waals surface area contributed by atoms with Gasteiger partial charge in [0.25, 0.3) is 5.69 Å². The van der Waals surface area contributed by atoms with E-state index < -0.39 is 16.9 Å². The first-order valence-corrected chi connectivity index (χ1v) is 4.61. The Kier molecular flexibility index (Phi) is 6.16. The van der Waals surface area contributed by atoms with Gasteiger partial charge in [0, 0.05) is 12.1 Å². The number of rotatable bonds is 4. The molecule has 0 unspecified atom stereocenters. The van der Waals surface area contributed by atoms with E-state index in [0.717, 1.165) is 0 Å². The highest BCUT2D eigenvalue weighted by Gasteiger charge is 2.15. The zero-order valence-corrected chi connectivity index (χ0v) is 9.98. The molecule has 1 rings (SSSR count). The SMILES string of the molecule is COC(=O)[C@H](N)Cc1cccc([N+](=O)[O-])c1.Cl. The van der Waals surface area contributed by atoms with Crippen molar-refractivity contribution in [1.29, 1.82) is 0 Å². The lowest BCUT2D eigenvalue weighted by Crippen LogP contribution is -2.33. The van der Waals surface area contributed by atoms with Crippen molar-refractivity contribution in [1.82, 2.24) is 0 Å². The Hall–Kier alpha value is -1.66. The fraction of sp³-hybridized carbons (Fsp3) is 0.300. The number of hydrogen-bond donors (Lipinski definition) is 1. The van der Waals surface area contributed by atoms with Crippen LogP contribution in [-0.2, 0) is 16.0 Å². The van der Waals surface area contributed by atoms with Crippen molar-refractivity contribution in [2.45, 2.75) is 12.5 Å². The number of ether oxygens (including phenoxy) is 1. The van der Waals surface area contributed by atoms with Crippen molar-refractivity contribution in [2.24, 2.45) is 5.73 Å². The van der Waals surface area contributed by atoms with E-state index in [1.807, 2.05) is 0 Å². The fourth-order valence-corrected chi connectivity index (χ4v) is 1.29. The van der Waals surface area contributed by atoms with Gasteiger partial charge in [-0.1, -0.05) is 12.1 Å². The molecule has 0 aliphatic heterocycles. The van der Waals surface area contributed by atoms with E-state index in [4.69, 9.17) is 5.73 Å². The van der Waals surface area contributed by atoms with E-state index in [1.165, 1.54) is 19.2 Å². The zero-order valence-electron chi connectivity index (χ0n) is 9.16. The number of hydrogen-bond acceptors (Lipinski definition) is 5. The molecule has 1 atom stereocenters. The van der Waals surface area contributed by atoms with E-state index in [0.29, 0.717) is 5.56 Å². The number of nitrogens with two attached hydrogens (primary N) is 1. The molecule has 6 nitrogen and oxygen atoms in total. The average Bonchev–Trinajstić information content (AvgIpc) is 2.28. The second-order valence-corrected chi connectivity index (χ2v) is 3.26. The van der Waals surface area contributed by atoms with Crippen LogP contribution in [0.3, 0.4) is 0 Å². The summed E-state index contributed by atoms with van der Waals surface area (Å²) in [6, 6.07) is 5.20. The Morgan fingerprint density at radius 1 is 1.59 bits per heavy atom. The number of esters is 1.